The average Bonchev–Trinajstić information content (AvgIpc) is 2.10. The molecule has 88 valence electrons. The molecule has 1 aromatic carbocycles. The summed E-state index contributed by atoms with van der Waals surface area (Å²) in [7, 11) is 0. The highest BCUT2D eigenvalue weighted by atomic mass is 19.4. The van der Waals surface area contributed by atoms with Crippen LogP contribution >= 0.6 is 0 Å². The Balaban J connectivity index is 2.85. The first-order valence-electron chi connectivity index (χ1n) is 4.70. The molecule has 0 bridgehead atoms. The number of halogens is 3. The zero-order valence-electron chi connectivity index (χ0n) is 8.67. The minimum absolute atomic E-state index is 0.242. The lowest BCUT2D eigenvalue weighted by atomic mass is 10.1. The quantitative estimate of drug-likeness (QED) is 0.746. The molecule has 2 nitrogen and oxygen atoms in total. The fraction of sp³-hybridized carbons (Fsp3) is 0.364. The molecule has 0 aliphatic heterocycles. The third-order valence-electron chi connectivity index (χ3n) is 1.90. The number of alkyl halides is 3. The van der Waals surface area contributed by atoms with Crippen LogP contribution in [0.4, 0.5) is 13.2 Å². The first-order valence-corrected chi connectivity index (χ1v) is 4.70. The summed E-state index contributed by atoms with van der Waals surface area (Å²) in [5.41, 5.74) is 1.33. The number of aryl methyl sites for hydroxylation is 2. The van der Waals surface area contributed by atoms with Crippen LogP contribution in [0.25, 0.3) is 0 Å². The van der Waals surface area contributed by atoms with Crippen molar-refractivity contribution in [3.05, 3.63) is 29.3 Å². The molecule has 0 aromatic heterocycles. The van der Waals surface area contributed by atoms with Crippen molar-refractivity contribution in [3.8, 4) is 5.75 Å². The minimum Gasteiger partial charge on any atom is -0.406 e. The number of hydrogen-bond donors (Lipinski definition) is 0. The average molecular weight is 232 g/mol. The van der Waals surface area contributed by atoms with Gasteiger partial charge in [0.25, 0.3) is 0 Å². The highest BCUT2D eigenvalue weighted by Crippen LogP contribution is 2.25. The van der Waals surface area contributed by atoms with Crippen molar-refractivity contribution in [2.75, 3.05) is 0 Å². The smallest absolute Gasteiger partial charge is 0.406 e. The van der Waals surface area contributed by atoms with Crippen LogP contribution in [-0.2, 0) is 11.2 Å². The molecule has 5 heteroatoms. The Labute approximate surface area is 91.0 Å². The molecule has 16 heavy (non-hydrogen) atoms. The number of benzene rings is 1. The highest BCUT2D eigenvalue weighted by Gasteiger charge is 2.31. The van der Waals surface area contributed by atoms with E-state index in [4.69, 9.17) is 0 Å². The summed E-state index contributed by atoms with van der Waals surface area (Å²) in [5, 5.41) is 0. The van der Waals surface area contributed by atoms with E-state index >= 15 is 0 Å². The van der Waals surface area contributed by atoms with Gasteiger partial charge in [0.05, 0.1) is 0 Å². The molecule has 0 unspecified atom stereocenters. The van der Waals surface area contributed by atoms with Crippen LogP contribution in [0, 0.1) is 6.92 Å². The van der Waals surface area contributed by atoms with Crippen molar-refractivity contribution < 1.29 is 22.7 Å². The van der Waals surface area contributed by atoms with Gasteiger partial charge in [0.15, 0.2) is 0 Å². The van der Waals surface area contributed by atoms with Gasteiger partial charge in [0.1, 0.15) is 12.0 Å². The standard InChI is InChI=1S/C11H11F3O2/c1-8-5-9(3-2-4-15)7-10(6-8)16-11(12,13)14/h4-7H,2-3H2,1H3. The fourth-order valence-electron chi connectivity index (χ4n) is 1.39. The molecular formula is C11H11F3O2. The molecule has 0 N–H and O–H groups in total. The van der Waals surface area contributed by atoms with Crippen molar-refractivity contribution >= 4 is 6.29 Å². The number of aldehydes is 1. The number of ether oxygens (including phenoxy) is 1. The lowest BCUT2D eigenvalue weighted by Crippen LogP contribution is -2.17. The van der Waals surface area contributed by atoms with Crippen molar-refractivity contribution in [3.63, 3.8) is 0 Å². The van der Waals surface area contributed by atoms with Crippen LogP contribution in [0.15, 0.2) is 18.2 Å². The van der Waals surface area contributed by atoms with Gasteiger partial charge < -0.3 is 9.53 Å². The topological polar surface area (TPSA) is 26.3 Å². The highest BCUT2D eigenvalue weighted by molar-refractivity contribution is 5.50. The second-order valence-corrected chi connectivity index (χ2v) is 3.41. The Hall–Kier alpha value is -1.52. The van der Waals surface area contributed by atoms with E-state index in [2.05, 4.69) is 4.74 Å². The second kappa shape index (κ2) is 5.01. The van der Waals surface area contributed by atoms with Gasteiger partial charge in [-0.25, -0.2) is 0 Å². The molecule has 0 spiro atoms. The Bertz CT molecular complexity index is 372. The van der Waals surface area contributed by atoms with Crippen molar-refractivity contribution in [1.82, 2.24) is 0 Å². The zero-order chi connectivity index (χ0) is 12.2. The first-order chi connectivity index (χ1) is 7.40. The van der Waals surface area contributed by atoms with E-state index in [1.165, 1.54) is 12.1 Å². The monoisotopic (exact) mass is 232 g/mol. The van der Waals surface area contributed by atoms with Gasteiger partial charge in [0.2, 0.25) is 0 Å². The third kappa shape index (κ3) is 4.33. The summed E-state index contributed by atoms with van der Waals surface area (Å²) in [6.07, 6.45) is -3.25. The summed E-state index contributed by atoms with van der Waals surface area (Å²) in [4.78, 5) is 10.2. The van der Waals surface area contributed by atoms with Gasteiger partial charge in [-0.3, -0.25) is 0 Å². The molecule has 0 fully saturated rings. The maximum absolute atomic E-state index is 12.0. The molecule has 0 aliphatic carbocycles. The van der Waals surface area contributed by atoms with E-state index in [0.717, 1.165) is 6.29 Å². The van der Waals surface area contributed by atoms with Crippen LogP contribution < -0.4 is 4.74 Å². The largest absolute Gasteiger partial charge is 0.573 e. The van der Waals surface area contributed by atoms with E-state index < -0.39 is 6.36 Å². The van der Waals surface area contributed by atoms with Crippen LogP contribution in [0.5, 0.6) is 5.75 Å². The molecule has 0 amide bonds. The lowest BCUT2D eigenvalue weighted by Gasteiger charge is -2.11. The van der Waals surface area contributed by atoms with E-state index in [0.29, 0.717) is 17.5 Å². The van der Waals surface area contributed by atoms with Crippen LogP contribution in [-0.4, -0.2) is 12.6 Å². The second-order valence-electron chi connectivity index (χ2n) is 3.41. The number of carbonyl (C=O) groups is 1. The van der Waals surface area contributed by atoms with E-state index in [1.54, 1.807) is 13.0 Å². The molecule has 1 rings (SSSR count). The SMILES string of the molecule is Cc1cc(CCC=O)cc(OC(F)(F)F)c1. The maximum atomic E-state index is 12.0. The Kier molecular flexibility index (Phi) is 3.93. The van der Waals surface area contributed by atoms with Crippen molar-refractivity contribution in [1.29, 1.82) is 0 Å². The van der Waals surface area contributed by atoms with Crippen molar-refractivity contribution in [2.24, 2.45) is 0 Å². The van der Waals surface area contributed by atoms with Crippen molar-refractivity contribution in [2.45, 2.75) is 26.1 Å². The summed E-state index contributed by atoms with van der Waals surface area (Å²) in [6, 6.07) is 4.33. The predicted molar refractivity (Wildman–Crippen MR) is 52.2 cm³/mol. The van der Waals surface area contributed by atoms with E-state index in [9.17, 15) is 18.0 Å². The molecule has 0 aliphatic rings. The molecule has 1 aromatic rings. The normalized spacial score (nSPS) is 11.2. The molecule has 0 heterocycles. The van der Waals surface area contributed by atoms with Gasteiger partial charge in [-0.2, -0.15) is 0 Å². The molecule has 0 radical (unpaired) electrons. The van der Waals surface area contributed by atoms with Gasteiger partial charge in [-0.15, -0.1) is 13.2 Å². The summed E-state index contributed by atoms with van der Waals surface area (Å²) < 4.78 is 39.7. The number of carbonyl (C=O) groups excluding carboxylic acids is 1. The summed E-state index contributed by atoms with van der Waals surface area (Å²) in [6.45, 7) is 1.67. The summed E-state index contributed by atoms with van der Waals surface area (Å²) in [5.74, 6) is -0.242. The first kappa shape index (κ1) is 12.5. The Morgan fingerprint density at radius 2 is 2.00 bits per heavy atom. The van der Waals surface area contributed by atoms with Crippen LogP contribution in [0.3, 0.4) is 0 Å². The van der Waals surface area contributed by atoms with E-state index in [1.807, 2.05) is 0 Å². The van der Waals surface area contributed by atoms with Gasteiger partial charge >= 0.3 is 6.36 Å². The van der Waals surface area contributed by atoms with Gasteiger partial charge in [-0.05, 0) is 36.6 Å². The van der Waals surface area contributed by atoms with Crippen LogP contribution in [0.1, 0.15) is 17.5 Å². The lowest BCUT2D eigenvalue weighted by molar-refractivity contribution is -0.274. The molecule has 0 atom stereocenters. The van der Waals surface area contributed by atoms with Gasteiger partial charge in [-0.1, -0.05) is 6.07 Å². The molecule has 0 saturated heterocycles. The number of hydrogen-bond acceptors (Lipinski definition) is 2. The molecule has 0 saturated carbocycles. The molecular weight excluding hydrogens is 221 g/mol. The minimum atomic E-state index is -4.68. The zero-order valence-corrected chi connectivity index (χ0v) is 8.67. The Morgan fingerprint density at radius 3 is 2.56 bits per heavy atom. The van der Waals surface area contributed by atoms with E-state index in [-0.39, 0.29) is 12.2 Å². The number of rotatable bonds is 4. The Morgan fingerprint density at radius 1 is 1.31 bits per heavy atom. The maximum Gasteiger partial charge on any atom is 0.573 e. The predicted octanol–water partition coefficient (Wildman–Crippen LogP) is 3.03. The van der Waals surface area contributed by atoms with Crippen LogP contribution in [0.2, 0.25) is 0 Å². The third-order valence-corrected chi connectivity index (χ3v) is 1.90. The summed E-state index contributed by atoms with van der Waals surface area (Å²) >= 11 is 0. The fourth-order valence-corrected chi connectivity index (χ4v) is 1.39. The van der Waals surface area contributed by atoms with Gasteiger partial charge in [0, 0.05) is 6.42 Å².